The molecule has 4 heteroatoms. The molecule has 0 aliphatic carbocycles. The fourth-order valence-electron chi connectivity index (χ4n) is 2.42. The molecular formula is C16H14O4. The van der Waals surface area contributed by atoms with Gasteiger partial charge in [0.05, 0.1) is 5.56 Å². The number of fused-ring (bicyclic) bond motifs is 1. The van der Waals surface area contributed by atoms with Crippen molar-refractivity contribution < 1.29 is 19.1 Å². The van der Waals surface area contributed by atoms with Gasteiger partial charge < -0.3 is 9.47 Å². The Morgan fingerprint density at radius 3 is 2.85 bits per heavy atom. The van der Waals surface area contributed by atoms with E-state index in [1.807, 2.05) is 30.3 Å². The minimum atomic E-state index is -0.513. The van der Waals surface area contributed by atoms with Gasteiger partial charge in [-0.25, -0.2) is 4.79 Å². The van der Waals surface area contributed by atoms with Crippen LogP contribution in [0.25, 0.3) is 10.8 Å². The second-order valence-corrected chi connectivity index (χ2v) is 4.74. The van der Waals surface area contributed by atoms with Gasteiger partial charge in [0.2, 0.25) is 0 Å². The third-order valence-electron chi connectivity index (χ3n) is 3.45. The molecule has 0 saturated carbocycles. The third-order valence-corrected chi connectivity index (χ3v) is 3.45. The predicted octanol–water partition coefficient (Wildman–Crippen LogP) is 2.74. The van der Waals surface area contributed by atoms with Crippen molar-refractivity contribution in [2.75, 3.05) is 6.61 Å². The zero-order chi connectivity index (χ0) is 13.9. The highest BCUT2D eigenvalue weighted by Crippen LogP contribution is 2.27. The topological polar surface area (TPSA) is 52.6 Å². The van der Waals surface area contributed by atoms with Crippen LogP contribution >= 0.6 is 0 Å². The molecule has 4 nitrogen and oxygen atoms in total. The SMILES string of the molecule is O=Cc1c(OC(=O)C2CCCO2)ccc2ccccc12. The first kappa shape index (κ1) is 12.8. The Morgan fingerprint density at radius 2 is 2.10 bits per heavy atom. The van der Waals surface area contributed by atoms with E-state index in [1.54, 1.807) is 6.07 Å². The van der Waals surface area contributed by atoms with Crippen LogP contribution in [-0.2, 0) is 9.53 Å². The average Bonchev–Trinajstić information content (AvgIpc) is 3.01. The lowest BCUT2D eigenvalue weighted by Gasteiger charge is -2.12. The quantitative estimate of drug-likeness (QED) is 0.489. The van der Waals surface area contributed by atoms with Crippen molar-refractivity contribution in [1.82, 2.24) is 0 Å². The van der Waals surface area contributed by atoms with Crippen molar-refractivity contribution in [3.8, 4) is 5.75 Å². The number of hydrogen-bond donors (Lipinski definition) is 0. The van der Waals surface area contributed by atoms with Crippen LogP contribution in [0.5, 0.6) is 5.75 Å². The molecule has 0 aromatic heterocycles. The molecule has 1 aliphatic heterocycles. The van der Waals surface area contributed by atoms with Gasteiger partial charge in [0.15, 0.2) is 12.4 Å². The summed E-state index contributed by atoms with van der Waals surface area (Å²) in [6.45, 7) is 0.581. The predicted molar refractivity (Wildman–Crippen MR) is 73.9 cm³/mol. The molecule has 20 heavy (non-hydrogen) atoms. The standard InChI is InChI=1S/C16H14O4/c17-10-13-12-5-2-1-4-11(12)7-8-14(13)20-16(18)15-6-3-9-19-15/h1-2,4-5,7-8,10,15H,3,6,9H2. The lowest BCUT2D eigenvalue weighted by molar-refractivity contribution is -0.144. The minimum Gasteiger partial charge on any atom is -0.424 e. The first-order chi connectivity index (χ1) is 9.79. The van der Waals surface area contributed by atoms with Crippen LogP contribution in [0.4, 0.5) is 0 Å². The van der Waals surface area contributed by atoms with Crippen molar-refractivity contribution in [2.45, 2.75) is 18.9 Å². The van der Waals surface area contributed by atoms with E-state index in [9.17, 15) is 9.59 Å². The monoisotopic (exact) mass is 270 g/mol. The second kappa shape index (κ2) is 5.43. The average molecular weight is 270 g/mol. The molecule has 0 bridgehead atoms. The number of aldehydes is 1. The van der Waals surface area contributed by atoms with Gasteiger partial charge in [0.1, 0.15) is 5.75 Å². The summed E-state index contributed by atoms with van der Waals surface area (Å²) in [7, 11) is 0. The Morgan fingerprint density at radius 1 is 1.25 bits per heavy atom. The van der Waals surface area contributed by atoms with Crippen LogP contribution < -0.4 is 4.74 Å². The van der Waals surface area contributed by atoms with Gasteiger partial charge in [0, 0.05) is 6.61 Å². The van der Waals surface area contributed by atoms with Crippen LogP contribution in [0.1, 0.15) is 23.2 Å². The molecule has 0 amide bonds. The molecule has 102 valence electrons. The van der Waals surface area contributed by atoms with E-state index >= 15 is 0 Å². The Bertz CT molecular complexity index is 657. The van der Waals surface area contributed by atoms with E-state index in [-0.39, 0.29) is 0 Å². The summed E-state index contributed by atoms with van der Waals surface area (Å²) in [4.78, 5) is 23.3. The van der Waals surface area contributed by atoms with E-state index in [0.717, 1.165) is 23.5 Å². The van der Waals surface area contributed by atoms with Crippen LogP contribution in [0.15, 0.2) is 36.4 Å². The van der Waals surface area contributed by atoms with Crippen molar-refractivity contribution in [3.05, 3.63) is 42.0 Å². The molecule has 0 radical (unpaired) electrons. The number of benzene rings is 2. The molecule has 3 rings (SSSR count). The summed E-state index contributed by atoms with van der Waals surface area (Å²) >= 11 is 0. The summed E-state index contributed by atoms with van der Waals surface area (Å²) in [5.74, 6) is -0.139. The van der Waals surface area contributed by atoms with E-state index in [0.29, 0.717) is 24.3 Å². The lowest BCUT2D eigenvalue weighted by atomic mass is 10.0. The Balaban J connectivity index is 1.94. The highest BCUT2D eigenvalue weighted by molar-refractivity contribution is 6.01. The number of hydrogen-bond acceptors (Lipinski definition) is 4. The summed E-state index contributed by atoms with van der Waals surface area (Å²) in [5.41, 5.74) is 0.398. The van der Waals surface area contributed by atoms with Gasteiger partial charge in [-0.2, -0.15) is 0 Å². The van der Waals surface area contributed by atoms with Gasteiger partial charge in [-0.05, 0) is 29.7 Å². The number of ether oxygens (including phenoxy) is 2. The van der Waals surface area contributed by atoms with E-state index in [2.05, 4.69) is 0 Å². The maximum absolute atomic E-state index is 12.0. The molecule has 2 aromatic carbocycles. The van der Waals surface area contributed by atoms with Crippen LogP contribution in [0, 0.1) is 0 Å². The van der Waals surface area contributed by atoms with Gasteiger partial charge >= 0.3 is 5.97 Å². The van der Waals surface area contributed by atoms with Crippen molar-refractivity contribution in [3.63, 3.8) is 0 Å². The maximum atomic E-state index is 12.0. The Hall–Kier alpha value is -2.20. The fourth-order valence-corrected chi connectivity index (χ4v) is 2.42. The van der Waals surface area contributed by atoms with E-state index in [1.165, 1.54) is 0 Å². The molecule has 1 unspecified atom stereocenters. The summed E-state index contributed by atoms with van der Waals surface area (Å²) in [6.07, 6.45) is 1.74. The van der Waals surface area contributed by atoms with Crippen molar-refractivity contribution in [2.24, 2.45) is 0 Å². The fraction of sp³-hybridized carbons (Fsp3) is 0.250. The number of rotatable bonds is 3. The summed E-state index contributed by atoms with van der Waals surface area (Å²) in [5, 5.41) is 1.71. The first-order valence-corrected chi connectivity index (χ1v) is 6.60. The smallest absolute Gasteiger partial charge is 0.340 e. The maximum Gasteiger partial charge on any atom is 0.340 e. The molecule has 1 saturated heterocycles. The Labute approximate surface area is 116 Å². The van der Waals surface area contributed by atoms with Crippen molar-refractivity contribution in [1.29, 1.82) is 0 Å². The summed E-state index contributed by atoms with van der Waals surface area (Å²) in [6, 6.07) is 11.0. The molecule has 1 heterocycles. The zero-order valence-corrected chi connectivity index (χ0v) is 10.9. The third kappa shape index (κ3) is 2.30. The molecule has 2 aromatic rings. The summed E-state index contributed by atoms with van der Waals surface area (Å²) < 4.78 is 10.6. The van der Waals surface area contributed by atoms with Crippen molar-refractivity contribution >= 4 is 23.0 Å². The molecule has 0 spiro atoms. The highest BCUT2D eigenvalue weighted by Gasteiger charge is 2.26. The molecule has 1 fully saturated rings. The molecular weight excluding hydrogens is 256 g/mol. The molecule has 1 atom stereocenters. The number of esters is 1. The van der Waals surface area contributed by atoms with Crippen LogP contribution in [0.2, 0.25) is 0 Å². The van der Waals surface area contributed by atoms with Crippen LogP contribution in [-0.4, -0.2) is 25.0 Å². The molecule has 1 aliphatic rings. The van der Waals surface area contributed by atoms with Gasteiger partial charge in [-0.3, -0.25) is 4.79 Å². The molecule has 0 N–H and O–H groups in total. The van der Waals surface area contributed by atoms with E-state index < -0.39 is 12.1 Å². The minimum absolute atomic E-state index is 0.291. The highest BCUT2D eigenvalue weighted by atomic mass is 16.6. The lowest BCUT2D eigenvalue weighted by Crippen LogP contribution is -2.25. The Kier molecular flexibility index (Phi) is 3.48. The second-order valence-electron chi connectivity index (χ2n) is 4.74. The normalized spacial score (nSPS) is 18.1. The van der Waals surface area contributed by atoms with Gasteiger partial charge in [0.25, 0.3) is 0 Å². The first-order valence-electron chi connectivity index (χ1n) is 6.60. The largest absolute Gasteiger partial charge is 0.424 e. The zero-order valence-electron chi connectivity index (χ0n) is 10.9. The number of carbonyl (C=O) groups excluding carboxylic acids is 2. The van der Waals surface area contributed by atoms with E-state index in [4.69, 9.17) is 9.47 Å². The number of carbonyl (C=O) groups is 2. The van der Waals surface area contributed by atoms with Crippen LogP contribution in [0.3, 0.4) is 0 Å². The van der Waals surface area contributed by atoms with Gasteiger partial charge in [-0.15, -0.1) is 0 Å². The van der Waals surface area contributed by atoms with Gasteiger partial charge in [-0.1, -0.05) is 30.3 Å².